The van der Waals surface area contributed by atoms with E-state index in [1.807, 2.05) is 4.90 Å². The van der Waals surface area contributed by atoms with E-state index in [0.29, 0.717) is 24.8 Å². The lowest BCUT2D eigenvalue weighted by molar-refractivity contribution is -0.155. The summed E-state index contributed by atoms with van der Waals surface area (Å²) in [6.07, 6.45) is 0.196. The summed E-state index contributed by atoms with van der Waals surface area (Å²) < 4.78 is 25.2. The quantitative estimate of drug-likeness (QED) is 0.733. The predicted molar refractivity (Wildman–Crippen MR) is 115 cm³/mol. The number of halogens is 1. The van der Waals surface area contributed by atoms with Crippen LogP contribution in [0.5, 0.6) is 0 Å². The van der Waals surface area contributed by atoms with E-state index in [2.05, 4.69) is 11.9 Å². The van der Waals surface area contributed by atoms with Gasteiger partial charge in [-0.1, -0.05) is 0 Å². The molecule has 3 heterocycles. The second kappa shape index (κ2) is 10.2. The van der Waals surface area contributed by atoms with Crippen LogP contribution in [0.25, 0.3) is 0 Å². The van der Waals surface area contributed by atoms with Crippen molar-refractivity contribution in [1.82, 2.24) is 14.7 Å². The number of aliphatic hydroxyl groups is 1. The molecule has 0 aromatic heterocycles. The van der Waals surface area contributed by atoms with Crippen molar-refractivity contribution in [3.63, 3.8) is 0 Å². The Labute approximate surface area is 187 Å². The smallest absolute Gasteiger partial charge is 0.254 e. The second-order valence-electron chi connectivity index (χ2n) is 8.99. The Kier molecular flexibility index (Phi) is 7.40. The fraction of sp³-hybridized carbons (Fsp3) is 0.652. The molecule has 0 unspecified atom stereocenters. The molecule has 3 aliphatic heterocycles. The number of hydrogen-bond donors (Lipinski definition) is 1. The molecule has 1 aromatic rings. The van der Waals surface area contributed by atoms with Gasteiger partial charge in [-0.3, -0.25) is 9.59 Å². The van der Waals surface area contributed by atoms with E-state index >= 15 is 0 Å². The number of hydrogen-bond acceptors (Lipinski definition) is 6. The van der Waals surface area contributed by atoms with E-state index in [4.69, 9.17) is 9.47 Å². The standard InChI is InChI=1S/C23H32FN3O5/c1-25-8-10-26(11-9-25)22(29)12-19-6-7-20-21(32-19)15-31-14-18(28)13-27(20)23(30)16-2-4-17(24)5-3-16/h2-5,18-21,28H,6-15H2,1H3/t18-,19+,20-,21+/m1/s1. The van der Waals surface area contributed by atoms with Crippen LogP contribution in [-0.2, 0) is 14.3 Å². The zero-order valence-electron chi connectivity index (χ0n) is 18.5. The van der Waals surface area contributed by atoms with E-state index < -0.39 is 11.9 Å². The average molecular weight is 450 g/mol. The Bertz CT molecular complexity index is 799. The number of piperazine rings is 1. The Balaban J connectivity index is 1.42. The number of carbonyl (C=O) groups excluding carboxylic acids is 2. The predicted octanol–water partition coefficient (Wildman–Crippen LogP) is 0.739. The van der Waals surface area contributed by atoms with E-state index in [-0.39, 0.29) is 49.8 Å². The zero-order valence-corrected chi connectivity index (χ0v) is 18.5. The van der Waals surface area contributed by atoms with Gasteiger partial charge in [0.15, 0.2) is 0 Å². The third-order valence-electron chi connectivity index (χ3n) is 6.59. The summed E-state index contributed by atoms with van der Waals surface area (Å²) in [5.41, 5.74) is 0.367. The molecule has 9 heteroatoms. The summed E-state index contributed by atoms with van der Waals surface area (Å²) in [6.45, 7) is 3.67. The lowest BCUT2D eigenvalue weighted by Crippen LogP contribution is -2.57. The number of amides is 2. The third kappa shape index (κ3) is 5.46. The maximum absolute atomic E-state index is 13.3. The van der Waals surface area contributed by atoms with Gasteiger partial charge in [-0.15, -0.1) is 0 Å². The van der Waals surface area contributed by atoms with Crippen molar-refractivity contribution < 1.29 is 28.6 Å². The fourth-order valence-electron chi connectivity index (χ4n) is 4.71. The molecule has 2 amide bonds. The molecular weight excluding hydrogens is 417 g/mol. The van der Waals surface area contributed by atoms with Crippen molar-refractivity contribution in [2.24, 2.45) is 0 Å². The van der Waals surface area contributed by atoms with Crippen molar-refractivity contribution in [3.05, 3.63) is 35.6 Å². The van der Waals surface area contributed by atoms with Gasteiger partial charge in [0, 0.05) is 38.3 Å². The van der Waals surface area contributed by atoms with E-state index in [9.17, 15) is 19.1 Å². The largest absolute Gasteiger partial charge is 0.389 e. The third-order valence-corrected chi connectivity index (χ3v) is 6.59. The molecule has 0 radical (unpaired) electrons. The molecule has 0 aliphatic carbocycles. The molecule has 176 valence electrons. The molecular formula is C23H32FN3O5. The van der Waals surface area contributed by atoms with Gasteiger partial charge >= 0.3 is 0 Å². The molecule has 0 bridgehead atoms. The van der Waals surface area contributed by atoms with Crippen molar-refractivity contribution >= 4 is 11.8 Å². The number of aliphatic hydroxyl groups excluding tert-OH is 1. The van der Waals surface area contributed by atoms with E-state index in [1.165, 1.54) is 24.3 Å². The van der Waals surface area contributed by atoms with Gasteiger partial charge in [-0.2, -0.15) is 0 Å². The van der Waals surface area contributed by atoms with Gasteiger partial charge in [0.1, 0.15) is 11.9 Å². The Morgan fingerprint density at radius 3 is 2.53 bits per heavy atom. The van der Waals surface area contributed by atoms with Crippen LogP contribution in [0.2, 0.25) is 0 Å². The van der Waals surface area contributed by atoms with E-state index in [0.717, 1.165) is 26.2 Å². The normalized spacial score (nSPS) is 29.7. The minimum absolute atomic E-state index is 0.1000. The molecule has 1 N–H and O–H groups in total. The summed E-state index contributed by atoms with van der Waals surface area (Å²) in [5.74, 6) is -0.575. The molecule has 3 aliphatic rings. The number of ether oxygens (including phenoxy) is 2. The molecule has 3 fully saturated rings. The Morgan fingerprint density at radius 2 is 1.81 bits per heavy atom. The van der Waals surface area contributed by atoms with Crippen molar-refractivity contribution in [2.75, 3.05) is 53.0 Å². The first-order valence-electron chi connectivity index (χ1n) is 11.3. The van der Waals surface area contributed by atoms with Crippen LogP contribution in [-0.4, -0.2) is 109 Å². The van der Waals surface area contributed by atoms with Gasteiger partial charge in [0.2, 0.25) is 5.91 Å². The van der Waals surface area contributed by atoms with Crippen LogP contribution in [0.3, 0.4) is 0 Å². The summed E-state index contributed by atoms with van der Waals surface area (Å²) in [5, 5.41) is 10.3. The summed E-state index contributed by atoms with van der Waals surface area (Å²) in [4.78, 5) is 31.7. The van der Waals surface area contributed by atoms with Gasteiger partial charge in [-0.05, 0) is 44.2 Å². The average Bonchev–Trinajstić information content (AvgIpc) is 2.77. The number of carbonyl (C=O) groups is 2. The highest BCUT2D eigenvalue weighted by atomic mass is 19.1. The Hall–Kier alpha value is -2.07. The second-order valence-corrected chi connectivity index (χ2v) is 8.99. The van der Waals surface area contributed by atoms with Crippen LogP contribution in [0.1, 0.15) is 29.6 Å². The summed E-state index contributed by atoms with van der Waals surface area (Å²) >= 11 is 0. The van der Waals surface area contributed by atoms with Crippen LogP contribution in [0, 0.1) is 5.82 Å². The minimum Gasteiger partial charge on any atom is -0.389 e. The van der Waals surface area contributed by atoms with Gasteiger partial charge in [-0.25, -0.2) is 4.39 Å². The van der Waals surface area contributed by atoms with E-state index in [1.54, 1.807) is 4.90 Å². The van der Waals surface area contributed by atoms with Crippen molar-refractivity contribution in [1.29, 1.82) is 0 Å². The lowest BCUT2D eigenvalue weighted by Gasteiger charge is -2.44. The number of benzene rings is 1. The number of rotatable bonds is 3. The fourth-order valence-corrected chi connectivity index (χ4v) is 4.71. The first kappa shape index (κ1) is 23.1. The lowest BCUT2D eigenvalue weighted by atomic mass is 9.94. The van der Waals surface area contributed by atoms with Crippen LogP contribution >= 0.6 is 0 Å². The highest BCUT2D eigenvalue weighted by Crippen LogP contribution is 2.29. The summed E-state index contributed by atoms with van der Waals surface area (Å²) in [7, 11) is 2.05. The first-order chi connectivity index (χ1) is 15.4. The molecule has 3 saturated heterocycles. The van der Waals surface area contributed by atoms with Gasteiger partial charge < -0.3 is 29.3 Å². The number of nitrogens with zero attached hydrogens (tertiary/aromatic N) is 3. The van der Waals surface area contributed by atoms with Crippen LogP contribution in [0.15, 0.2) is 24.3 Å². The maximum atomic E-state index is 13.3. The van der Waals surface area contributed by atoms with Crippen molar-refractivity contribution in [2.45, 2.75) is 43.6 Å². The van der Waals surface area contributed by atoms with Crippen LogP contribution < -0.4 is 0 Å². The maximum Gasteiger partial charge on any atom is 0.254 e. The van der Waals surface area contributed by atoms with Crippen LogP contribution in [0.4, 0.5) is 4.39 Å². The number of β-amino-alcohol motifs (C(OH)–C–C–N with tert-alkyl or cyclic N) is 1. The Morgan fingerprint density at radius 1 is 1.09 bits per heavy atom. The molecule has 32 heavy (non-hydrogen) atoms. The van der Waals surface area contributed by atoms with Crippen molar-refractivity contribution in [3.8, 4) is 0 Å². The highest BCUT2D eigenvalue weighted by Gasteiger charge is 2.40. The zero-order chi connectivity index (χ0) is 22.7. The molecule has 1 aromatic carbocycles. The van der Waals surface area contributed by atoms with Gasteiger partial charge in [0.25, 0.3) is 5.91 Å². The number of likely N-dealkylation sites (N-methyl/N-ethyl adjacent to an activating group) is 1. The molecule has 4 rings (SSSR count). The monoisotopic (exact) mass is 449 g/mol. The first-order valence-corrected chi connectivity index (χ1v) is 11.3. The number of fused-ring (bicyclic) bond motifs is 1. The SMILES string of the molecule is CN1CCN(C(=O)C[C@@H]2CC[C@@H]3[C@H](COC[C@H](O)CN3C(=O)c3ccc(F)cc3)O2)CC1. The molecule has 0 spiro atoms. The molecule has 4 atom stereocenters. The molecule has 0 saturated carbocycles. The summed E-state index contributed by atoms with van der Waals surface area (Å²) in [6, 6.07) is 5.14. The topological polar surface area (TPSA) is 82.6 Å². The highest BCUT2D eigenvalue weighted by molar-refractivity contribution is 5.94. The minimum atomic E-state index is -0.808. The molecule has 8 nitrogen and oxygen atoms in total. The van der Waals surface area contributed by atoms with Gasteiger partial charge in [0.05, 0.1) is 37.9 Å².